The van der Waals surface area contributed by atoms with Crippen molar-refractivity contribution in [2.24, 2.45) is 7.05 Å². The van der Waals surface area contributed by atoms with E-state index in [1.807, 2.05) is 14.1 Å². The van der Waals surface area contributed by atoms with Crippen molar-refractivity contribution in [1.82, 2.24) is 15.1 Å². The number of fused-ring (bicyclic) bond motifs is 1. The summed E-state index contributed by atoms with van der Waals surface area (Å²) >= 11 is 6.04. The van der Waals surface area contributed by atoms with Crippen LogP contribution in [0, 0.1) is 0 Å². The second-order valence-electron chi connectivity index (χ2n) is 3.62. The van der Waals surface area contributed by atoms with Gasteiger partial charge >= 0.3 is 0 Å². The van der Waals surface area contributed by atoms with Crippen LogP contribution in [0.1, 0.15) is 5.56 Å². The molecule has 4 heteroatoms. The highest BCUT2D eigenvalue weighted by atomic mass is 35.5. The van der Waals surface area contributed by atoms with Gasteiger partial charge in [-0.15, -0.1) is 0 Å². The molecule has 0 unspecified atom stereocenters. The number of hydrogen-bond donors (Lipinski definition) is 1. The molecule has 0 aliphatic carbocycles. The molecule has 1 aromatic heterocycles. The minimum Gasteiger partial charge on any atom is -0.319 e. The predicted molar refractivity (Wildman–Crippen MR) is 63.4 cm³/mol. The molecule has 2 aromatic rings. The van der Waals surface area contributed by atoms with Gasteiger partial charge in [0.05, 0.1) is 5.52 Å². The number of benzene rings is 1. The molecule has 1 aromatic carbocycles. The minimum absolute atomic E-state index is 0.582. The summed E-state index contributed by atoms with van der Waals surface area (Å²) in [5.41, 5.74) is 2.36. The molecule has 0 aliphatic heterocycles. The Morgan fingerprint density at radius 3 is 3.00 bits per heavy atom. The fraction of sp³-hybridized carbons (Fsp3) is 0.364. The maximum absolute atomic E-state index is 6.04. The van der Waals surface area contributed by atoms with Crippen LogP contribution in [0.5, 0.6) is 0 Å². The van der Waals surface area contributed by atoms with E-state index < -0.39 is 0 Å². The first-order valence-electron chi connectivity index (χ1n) is 4.98. The predicted octanol–water partition coefficient (Wildman–Crippen LogP) is 1.99. The number of likely N-dealkylation sites (N-methyl/N-ethyl adjacent to an activating group) is 1. The van der Waals surface area contributed by atoms with E-state index in [-0.39, 0.29) is 0 Å². The van der Waals surface area contributed by atoms with E-state index in [9.17, 15) is 0 Å². The molecule has 0 bridgehead atoms. The summed E-state index contributed by atoms with van der Waals surface area (Å²) in [4.78, 5) is 0. The summed E-state index contributed by atoms with van der Waals surface area (Å²) in [6, 6.07) is 6.30. The Morgan fingerprint density at radius 1 is 1.47 bits per heavy atom. The minimum atomic E-state index is 0.582. The molecule has 0 saturated carbocycles. The maximum Gasteiger partial charge on any atom is 0.158 e. The van der Waals surface area contributed by atoms with Gasteiger partial charge in [-0.3, -0.25) is 4.68 Å². The van der Waals surface area contributed by atoms with E-state index in [4.69, 9.17) is 11.6 Å². The monoisotopic (exact) mass is 223 g/mol. The average Bonchev–Trinajstić information content (AvgIpc) is 2.52. The molecule has 3 nitrogen and oxygen atoms in total. The van der Waals surface area contributed by atoms with Crippen molar-refractivity contribution in [3.8, 4) is 0 Å². The second kappa shape index (κ2) is 4.21. The molecule has 0 aliphatic rings. The molecule has 80 valence electrons. The summed E-state index contributed by atoms with van der Waals surface area (Å²) in [6.07, 6.45) is 1.01. The van der Waals surface area contributed by atoms with E-state index >= 15 is 0 Å². The smallest absolute Gasteiger partial charge is 0.158 e. The second-order valence-corrected chi connectivity index (χ2v) is 3.98. The van der Waals surface area contributed by atoms with Crippen LogP contribution < -0.4 is 5.32 Å². The highest BCUT2D eigenvalue weighted by Crippen LogP contribution is 2.23. The first-order chi connectivity index (χ1) is 7.22. The lowest BCUT2D eigenvalue weighted by atomic mass is 10.1. The zero-order valence-electron chi connectivity index (χ0n) is 8.92. The number of nitrogens with one attached hydrogen (secondary N) is 1. The van der Waals surface area contributed by atoms with Gasteiger partial charge in [-0.1, -0.05) is 17.7 Å². The van der Waals surface area contributed by atoms with Crippen LogP contribution in [0.4, 0.5) is 0 Å². The van der Waals surface area contributed by atoms with Crippen molar-refractivity contribution in [3.63, 3.8) is 0 Å². The van der Waals surface area contributed by atoms with Gasteiger partial charge in [0.2, 0.25) is 0 Å². The van der Waals surface area contributed by atoms with Gasteiger partial charge in [-0.25, -0.2) is 0 Å². The van der Waals surface area contributed by atoms with E-state index in [1.165, 1.54) is 5.56 Å². The fourth-order valence-corrected chi connectivity index (χ4v) is 1.96. The Morgan fingerprint density at radius 2 is 2.27 bits per heavy atom. The number of aryl methyl sites for hydroxylation is 1. The molecule has 0 spiro atoms. The Balaban J connectivity index is 2.41. The number of aromatic nitrogens is 2. The van der Waals surface area contributed by atoms with Crippen LogP contribution in [0.3, 0.4) is 0 Å². The van der Waals surface area contributed by atoms with Crippen LogP contribution in [-0.4, -0.2) is 23.4 Å². The third-order valence-corrected chi connectivity index (χ3v) is 2.81. The highest BCUT2D eigenvalue weighted by Gasteiger charge is 2.06. The first-order valence-corrected chi connectivity index (χ1v) is 5.36. The molecule has 1 N–H and O–H groups in total. The van der Waals surface area contributed by atoms with E-state index in [2.05, 4.69) is 28.6 Å². The number of rotatable bonds is 3. The first kappa shape index (κ1) is 10.5. The molecule has 2 rings (SSSR count). The number of halogens is 1. The Hall–Kier alpha value is -1.06. The van der Waals surface area contributed by atoms with Crippen LogP contribution in [0.2, 0.25) is 5.15 Å². The van der Waals surface area contributed by atoms with E-state index in [1.54, 1.807) is 4.68 Å². The van der Waals surface area contributed by atoms with Crippen molar-refractivity contribution < 1.29 is 0 Å². The van der Waals surface area contributed by atoms with E-state index in [0.717, 1.165) is 23.9 Å². The van der Waals surface area contributed by atoms with Gasteiger partial charge < -0.3 is 5.32 Å². The van der Waals surface area contributed by atoms with Crippen molar-refractivity contribution in [2.45, 2.75) is 6.42 Å². The SMILES string of the molecule is CNCCc1ccc2c(c1)c(Cl)nn2C. The summed E-state index contributed by atoms with van der Waals surface area (Å²) in [5.74, 6) is 0. The van der Waals surface area contributed by atoms with Gasteiger partial charge in [0, 0.05) is 12.4 Å². The average molecular weight is 224 g/mol. The van der Waals surface area contributed by atoms with Crippen molar-refractivity contribution in [2.75, 3.05) is 13.6 Å². The van der Waals surface area contributed by atoms with Gasteiger partial charge in [0.25, 0.3) is 0 Å². The lowest BCUT2D eigenvalue weighted by molar-refractivity contribution is 0.790. The molecule has 0 fully saturated rings. The standard InChI is InChI=1S/C11H14ClN3/c1-13-6-5-8-3-4-10-9(7-8)11(12)14-15(10)2/h3-4,7,13H,5-6H2,1-2H3. The number of hydrogen-bond acceptors (Lipinski definition) is 2. The van der Waals surface area contributed by atoms with Gasteiger partial charge in [0.1, 0.15) is 0 Å². The summed E-state index contributed by atoms with van der Waals surface area (Å²) in [5, 5.41) is 8.93. The zero-order chi connectivity index (χ0) is 10.8. The summed E-state index contributed by atoms with van der Waals surface area (Å²) in [7, 11) is 3.86. The molecule has 0 saturated heterocycles. The van der Waals surface area contributed by atoms with Crippen molar-refractivity contribution in [3.05, 3.63) is 28.9 Å². The molecule has 0 atom stereocenters. The molecular weight excluding hydrogens is 210 g/mol. The highest BCUT2D eigenvalue weighted by molar-refractivity contribution is 6.34. The lowest BCUT2D eigenvalue weighted by Crippen LogP contribution is -2.10. The Labute approximate surface area is 94.0 Å². The molecular formula is C11H14ClN3. The third kappa shape index (κ3) is 1.98. The van der Waals surface area contributed by atoms with Crippen LogP contribution in [0.15, 0.2) is 18.2 Å². The van der Waals surface area contributed by atoms with Crippen molar-refractivity contribution in [1.29, 1.82) is 0 Å². The Kier molecular flexibility index (Phi) is 2.93. The van der Waals surface area contributed by atoms with Crippen LogP contribution in [0.25, 0.3) is 10.9 Å². The normalized spacial score (nSPS) is 11.1. The Bertz CT molecular complexity index is 476. The number of nitrogens with zero attached hydrogens (tertiary/aromatic N) is 2. The fourth-order valence-electron chi connectivity index (χ4n) is 1.69. The van der Waals surface area contributed by atoms with Crippen molar-refractivity contribution >= 4 is 22.5 Å². The maximum atomic E-state index is 6.04. The zero-order valence-corrected chi connectivity index (χ0v) is 9.67. The topological polar surface area (TPSA) is 29.9 Å². The van der Waals surface area contributed by atoms with Gasteiger partial charge in [0.15, 0.2) is 5.15 Å². The molecule has 15 heavy (non-hydrogen) atoms. The lowest BCUT2D eigenvalue weighted by Gasteiger charge is -2.01. The van der Waals surface area contributed by atoms with E-state index in [0.29, 0.717) is 5.15 Å². The molecule has 0 radical (unpaired) electrons. The van der Waals surface area contributed by atoms with Gasteiger partial charge in [-0.05, 0) is 37.7 Å². The molecule has 0 amide bonds. The summed E-state index contributed by atoms with van der Waals surface area (Å²) < 4.78 is 1.81. The van der Waals surface area contributed by atoms with Crippen LogP contribution >= 0.6 is 11.6 Å². The van der Waals surface area contributed by atoms with Gasteiger partial charge in [-0.2, -0.15) is 5.10 Å². The largest absolute Gasteiger partial charge is 0.319 e. The van der Waals surface area contributed by atoms with Crippen LogP contribution in [-0.2, 0) is 13.5 Å². The summed E-state index contributed by atoms with van der Waals surface area (Å²) in [6.45, 7) is 0.976. The third-order valence-electron chi connectivity index (χ3n) is 2.53. The quantitative estimate of drug-likeness (QED) is 0.863. The molecule has 1 heterocycles.